The lowest BCUT2D eigenvalue weighted by molar-refractivity contribution is -0.138. The van der Waals surface area contributed by atoms with Gasteiger partial charge in [-0.1, -0.05) is 0 Å². The summed E-state index contributed by atoms with van der Waals surface area (Å²) in [5.74, 6) is 0.376. The van der Waals surface area contributed by atoms with Crippen molar-refractivity contribution in [3.8, 4) is 0 Å². The molecule has 1 aromatic rings. The molecular weight excluding hydrogens is 206 g/mol. The fourth-order valence-corrected chi connectivity index (χ4v) is 1.81. The third-order valence-electron chi connectivity index (χ3n) is 2.92. The zero-order valence-corrected chi connectivity index (χ0v) is 9.47. The third kappa shape index (κ3) is 2.13. The second-order valence-electron chi connectivity index (χ2n) is 4.27. The van der Waals surface area contributed by atoms with E-state index in [1.807, 2.05) is 13.8 Å². The van der Waals surface area contributed by atoms with Gasteiger partial charge in [-0.25, -0.2) is 4.98 Å². The Morgan fingerprint density at radius 3 is 2.75 bits per heavy atom. The van der Waals surface area contributed by atoms with Crippen molar-refractivity contribution in [2.45, 2.75) is 20.3 Å². The van der Waals surface area contributed by atoms with E-state index < -0.39 is 5.97 Å². The molecule has 0 amide bonds. The highest BCUT2D eigenvalue weighted by molar-refractivity contribution is 5.67. The topological polar surface area (TPSA) is 66.3 Å². The molecule has 0 radical (unpaired) electrons. The highest BCUT2D eigenvalue weighted by Crippen LogP contribution is 2.24. The smallest absolute Gasteiger partial charge is 0.303 e. The Balaban J connectivity index is 1.96. The van der Waals surface area contributed by atoms with Gasteiger partial charge in [0.15, 0.2) is 0 Å². The molecule has 1 aliphatic rings. The third-order valence-corrected chi connectivity index (χ3v) is 2.92. The van der Waals surface area contributed by atoms with Crippen LogP contribution in [0.4, 0.5) is 5.82 Å². The Labute approximate surface area is 94.1 Å². The van der Waals surface area contributed by atoms with Crippen LogP contribution in [0.2, 0.25) is 0 Å². The van der Waals surface area contributed by atoms with Gasteiger partial charge in [0.2, 0.25) is 0 Å². The Kier molecular flexibility index (Phi) is 2.77. The van der Waals surface area contributed by atoms with Crippen LogP contribution < -0.4 is 4.90 Å². The Hall–Kier alpha value is -1.65. The number of anilines is 1. The van der Waals surface area contributed by atoms with Crippen molar-refractivity contribution >= 4 is 11.8 Å². The molecule has 0 aliphatic carbocycles. The highest BCUT2D eigenvalue weighted by Gasteiger charge is 2.29. The van der Waals surface area contributed by atoms with E-state index in [9.17, 15) is 4.79 Å². The van der Waals surface area contributed by atoms with Crippen LogP contribution >= 0.6 is 0 Å². The van der Waals surface area contributed by atoms with Gasteiger partial charge in [-0.15, -0.1) is 0 Å². The maximum absolute atomic E-state index is 10.5. The summed E-state index contributed by atoms with van der Waals surface area (Å²) in [6.45, 7) is 5.39. The van der Waals surface area contributed by atoms with E-state index in [4.69, 9.17) is 5.11 Å². The van der Waals surface area contributed by atoms with Crippen LogP contribution in [-0.2, 0) is 4.79 Å². The summed E-state index contributed by atoms with van der Waals surface area (Å²) < 4.78 is 0. The van der Waals surface area contributed by atoms with E-state index >= 15 is 0 Å². The monoisotopic (exact) mass is 221 g/mol. The Bertz CT molecular complexity index is 414. The summed E-state index contributed by atoms with van der Waals surface area (Å²) in [5.41, 5.74) is 1.87. The molecule has 0 unspecified atom stereocenters. The number of aryl methyl sites for hydroxylation is 2. The average Bonchev–Trinajstić information content (AvgIpc) is 2.15. The van der Waals surface area contributed by atoms with Crippen molar-refractivity contribution in [1.82, 2.24) is 9.97 Å². The summed E-state index contributed by atoms with van der Waals surface area (Å²) in [5, 5.41) is 8.64. The van der Waals surface area contributed by atoms with Crippen LogP contribution in [0.5, 0.6) is 0 Å². The molecule has 0 saturated carbocycles. The molecule has 5 nitrogen and oxygen atoms in total. The van der Waals surface area contributed by atoms with Gasteiger partial charge in [0.25, 0.3) is 0 Å². The molecule has 5 heteroatoms. The number of rotatable bonds is 3. The van der Waals surface area contributed by atoms with E-state index in [1.165, 1.54) is 0 Å². The van der Waals surface area contributed by atoms with Crippen LogP contribution in [0, 0.1) is 19.8 Å². The number of hydrogen-bond acceptors (Lipinski definition) is 4. The van der Waals surface area contributed by atoms with Crippen molar-refractivity contribution < 1.29 is 9.90 Å². The second kappa shape index (κ2) is 4.08. The molecule has 1 saturated heterocycles. The molecule has 1 aromatic heterocycles. The summed E-state index contributed by atoms with van der Waals surface area (Å²) in [6, 6.07) is 0. The van der Waals surface area contributed by atoms with Gasteiger partial charge < -0.3 is 10.0 Å². The lowest BCUT2D eigenvalue weighted by Gasteiger charge is -2.39. The molecule has 1 N–H and O–H groups in total. The van der Waals surface area contributed by atoms with Crippen LogP contribution in [0.3, 0.4) is 0 Å². The highest BCUT2D eigenvalue weighted by atomic mass is 16.4. The zero-order chi connectivity index (χ0) is 11.7. The van der Waals surface area contributed by atoms with Crippen LogP contribution in [-0.4, -0.2) is 34.1 Å². The van der Waals surface area contributed by atoms with Crippen molar-refractivity contribution in [2.24, 2.45) is 5.92 Å². The number of aliphatic carboxylic acids is 1. The molecule has 16 heavy (non-hydrogen) atoms. The fraction of sp³-hybridized carbons (Fsp3) is 0.545. The SMILES string of the molecule is Cc1ncc(N2CC(CC(=O)O)C2)nc1C. The maximum atomic E-state index is 10.5. The van der Waals surface area contributed by atoms with E-state index in [0.29, 0.717) is 0 Å². The molecule has 0 bridgehead atoms. The van der Waals surface area contributed by atoms with Gasteiger partial charge >= 0.3 is 5.97 Å². The van der Waals surface area contributed by atoms with Crippen molar-refractivity contribution in [1.29, 1.82) is 0 Å². The largest absolute Gasteiger partial charge is 0.481 e. The van der Waals surface area contributed by atoms with Crippen LogP contribution in [0.15, 0.2) is 6.20 Å². The van der Waals surface area contributed by atoms with Crippen molar-refractivity contribution in [2.75, 3.05) is 18.0 Å². The van der Waals surface area contributed by atoms with Gasteiger partial charge in [-0.05, 0) is 13.8 Å². The first-order valence-corrected chi connectivity index (χ1v) is 5.33. The number of carbonyl (C=O) groups is 1. The Morgan fingerprint density at radius 1 is 1.50 bits per heavy atom. The maximum Gasteiger partial charge on any atom is 0.303 e. The molecule has 0 atom stereocenters. The molecule has 1 fully saturated rings. The predicted octanol–water partition coefficient (Wildman–Crippen LogP) is 1.00. The second-order valence-corrected chi connectivity index (χ2v) is 4.27. The summed E-state index contributed by atoms with van der Waals surface area (Å²) in [6.07, 6.45) is 1.99. The summed E-state index contributed by atoms with van der Waals surface area (Å²) in [7, 11) is 0. The molecule has 86 valence electrons. The molecule has 0 spiro atoms. The fourth-order valence-electron chi connectivity index (χ4n) is 1.81. The molecular formula is C11H15N3O2. The summed E-state index contributed by atoms with van der Waals surface area (Å²) >= 11 is 0. The predicted molar refractivity (Wildman–Crippen MR) is 59.5 cm³/mol. The standard InChI is InChI=1S/C11H15N3O2/c1-7-8(2)13-10(4-12-7)14-5-9(6-14)3-11(15)16/h4,9H,3,5-6H2,1-2H3,(H,15,16). The van der Waals surface area contributed by atoms with E-state index in [1.54, 1.807) is 6.20 Å². The van der Waals surface area contributed by atoms with Gasteiger partial charge in [0, 0.05) is 19.0 Å². The normalized spacial score (nSPS) is 16.0. The minimum atomic E-state index is -0.726. The molecule has 2 heterocycles. The average molecular weight is 221 g/mol. The molecule has 0 aromatic carbocycles. The molecule has 1 aliphatic heterocycles. The number of nitrogens with zero attached hydrogens (tertiary/aromatic N) is 3. The zero-order valence-electron chi connectivity index (χ0n) is 9.47. The van der Waals surface area contributed by atoms with Crippen LogP contribution in [0.25, 0.3) is 0 Å². The van der Waals surface area contributed by atoms with Gasteiger partial charge in [-0.3, -0.25) is 9.78 Å². The van der Waals surface area contributed by atoms with E-state index in [0.717, 1.165) is 30.3 Å². The number of aromatic nitrogens is 2. The van der Waals surface area contributed by atoms with E-state index in [2.05, 4.69) is 14.9 Å². The number of carboxylic acid groups (broad SMARTS) is 1. The first-order valence-electron chi connectivity index (χ1n) is 5.33. The number of carboxylic acids is 1. The first kappa shape index (κ1) is 10.9. The minimum Gasteiger partial charge on any atom is -0.481 e. The lowest BCUT2D eigenvalue weighted by atomic mass is 9.97. The van der Waals surface area contributed by atoms with Gasteiger partial charge in [-0.2, -0.15) is 0 Å². The quantitative estimate of drug-likeness (QED) is 0.825. The van der Waals surface area contributed by atoms with E-state index in [-0.39, 0.29) is 12.3 Å². The van der Waals surface area contributed by atoms with Crippen molar-refractivity contribution in [3.63, 3.8) is 0 Å². The summed E-state index contributed by atoms with van der Waals surface area (Å²) in [4.78, 5) is 21.2. The Morgan fingerprint density at radius 2 is 2.19 bits per heavy atom. The van der Waals surface area contributed by atoms with Crippen LogP contribution in [0.1, 0.15) is 17.8 Å². The lowest BCUT2D eigenvalue weighted by Crippen LogP contribution is -2.48. The number of hydrogen-bond donors (Lipinski definition) is 1. The van der Waals surface area contributed by atoms with Gasteiger partial charge in [0.05, 0.1) is 24.0 Å². The van der Waals surface area contributed by atoms with Crippen molar-refractivity contribution in [3.05, 3.63) is 17.6 Å². The first-order chi connectivity index (χ1) is 7.56. The molecule has 2 rings (SSSR count). The minimum absolute atomic E-state index is 0.245. The van der Waals surface area contributed by atoms with Gasteiger partial charge in [0.1, 0.15) is 5.82 Å².